The number of benzene rings is 2. The molecule has 0 saturated heterocycles. The fourth-order valence-electron chi connectivity index (χ4n) is 1.64. The highest BCUT2D eigenvalue weighted by molar-refractivity contribution is 7.73. The average Bonchev–Trinajstić information content (AvgIpc) is 2.88. The van der Waals surface area contributed by atoms with Crippen LogP contribution in [0.3, 0.4) is 0 Å². The van der Waals surface area contributed by atoms with Gasteiger partial charge in [-0.05, 0) is 36.5 Å². The van der Waals surface area contributed by atoms with Crippen molar-refractivity contribution in [3.05, 3.63) is 64.6 Å². The Balaban J connectivity index is 1.90. The second kappa shape index (κ2) is 5.85. The highest BCUT2D eigenvalue weighted by atomic mass is 32.1. The van der Waals surface area contributed by atoms with Crippen molar-refractivity contribution in [2.24, 2.45) is 10.2 Å². The summed E-state index contributed by atoms with van der Waals surface area (Å²) in [6.07, 6.45) is 0. The number of rotatable bonds is 3. The van der Waals surface area contributed by atoms with Crippen LogP contribution in [0.4, 0.5) is 10.8 Å². The average molecular weight is 298 g/mol. The molecular formula is C14H10N4S2. The van der Waals surface area contributed by atoms with Gasteiger partial charge < -0.3 is 0 Å². The van der Waals surface area contributed by atoms with E-state index in [0.717, 1.165) is 11.4 Å². The molecule has 1 aromatic heterocycles. The van der Waals surface area contributed by atoms with Crippen molar-refractivity contribution in [2.45, 2.75) is 0 Å². The van der Waals surface area contributed by atoms with E-state index in [9.17, 15) is 0 Å². The van der Waals surface area contributed by atoms with E-state index in [0.29, 0.717) is 9.09 Å². The standard InChI is InChI=1S/C14H10N4S2/c19-14-18(12-9-5-2-6-10-12)17-13(20-14)16-15-11-7-3-1-4-8-11/h1-10H. The second-order valence-electron chi connectivity index (χ2n) is 3.93. The Morgan fingerprint density at radius 3 is 2.25 bits per heavy atom. The van der Waals surface area contributed by atoms with E-state index in [1.165, 1.54) is 11.3 Å². The molecule has 0 fully saturated rings. The molecule has 3 rings (SSSR count). The smallest absolute Gasteiger partial charge is 0.210 e. The van der Waals surface area contributed by atoms with Crippen LogP contribution in [0.1, 0.15) is 0 Å². The fraction of sp³-hybridized carbons (Fsp3) is 0. The largest absolute Gasteiger partial charge is 0.251 e. The van der Waals surface area contributed by atoms with Gasteiger partial charge in [0, 0.05) is 0 Å². The highest BCUT2D eigenvalue weighted by Crippen LogP contribution is 2.23. The van der Waals surface area contributed by atoms with Gasteiger partial charge in [0.2, 0.25) is 0 Å². The summed E-state index contributed by atoms with van der Waals surface area (Å²) in [6.45, 7) is 0. The maximum atomic E-state index is 5.30. The lowest BCUT2D eigenvalue weighted by molar-refractivity contribution is 0.865. The molecule has 0 saturated carbocycles. The summed E-state index contributed by atoms with van der Waals surface area (Å²) in [4.78, 5) is 0. The number of hydrogen-bond acceptors (Lipinski definition) is 5. The monoisotopic (exact) mass is 298 g/mol. The minimum Gasteiger partial charge on any atom is -0.210 e. The molecule has 0 unspecified atom stereocenters. The summed E-state index contributed by atoms with van der Waals surface area (Å²) in [5.41, 5.74) is 1.72. The molecule has 0 aliphatic rings. The molecule has 0 spiro atoms. The second-order valence-corrected chi connectivity index (χ2v) is 5.53. The van der Waals surface area contributed by atoms with Crippen molar-refractivity contribution in [3.8, 4) is 5.69 Å². The lowest BCUT2D eigenvalue weighted by Crippen LogP contribution is -1.94. The molecule has 1 heterocycles. The van der Waals surface area contributed by atoms with Gasteiger partial charge in [0.05, 0.1) is 11.4 Å². The van der Waals surface area contributed by atoms with E-state index >= 15 is 0 Å². The molecule has 3 aromatic rings. The van der Waals surface area contributed by atoms with Gasteiger partial charge >= 0.3 is 0 Å². The van der Waals surface area contributed by atoms with Gasteiger partial charge in [-0.2, -0.15) is 0 Å². The van der Waals surface area contributed by atoms with Gasteiger partial charge in [0.25, 0.3) is 5.13 Å². The predicted octanol–water partition coefficient (Wildman–Crippen LogP) is 5.08. The predicted molar refractivity (Wildman–Crippen MR) is 82.9 cm³/mol. The SMILES string of the molecule is S=c1sc(N=Nc2ccccc2)nn1-c1ccccc1. The molecule has 4 nitrogen and oxygen atoms in total. The molecular weight excluding hydrogens is 288 g/mol. The van der Waals surface area contributed by atoms with E-state index in [1.807, 2.05) is 60.7 Å². The van der Waals surface area contributed by atoms with Gasteiger partial charge in [-0.15, -0.1) is 15.3 Å². The summed E-state index contributed by atoms with van der Waals surface area (Å²) in [5.74, 6) is 0. The van der Waals surface area contributed by atoms with Crippen molar-refractivity contribution < 1.29 is 0 Å². The molecule has 0 radical (unpaired) electrons. The number of hydrogen-bond donors (Lipinski definition) is 0. The summed E-state index contributed by atoms with van der Waals surface area (Å²) < 4.78 is 2.34. The summed E-state index contributed by atoms with van der Waals surface area (Å²) >= 11 is 6.64. The Morgan fingerprint density at radius 2 is 1.55 bits per heavy atom. The van der Waals surface area contributed by atoms with Crippen LogP contribution < -0.4 is 0 Å². The molecule has 0 amide bonds. The molecule has 0 bridgehead atoms. The molecule has 0 aliphatic carbocycles. The Bertz CT molecular complexity index is 776. The van der Waals surface area contributed by atoms with E-state index in [4.69, 9.17) is 12.2 Å². The molecule has 0 aliphatic heterocycles. The van der Waals surface area contributed by atoms with E-state index in [-0.39, 0.29) is 0 Å². The lowest BCUT2D eigenvalue weighted by atomic mass is 10.3. The fourth-order valence-corrected chi connectivity index (χ4v) is 2.60. The molecule has 20 heavy (non-hydrogen) atoms. The van der Waals surface area contributed by atoms with Crippen LogP contribution in [0.5, 0.6) is 0 Å². The zero-order valence-electron chi connectivity index (χ0n) is 10.4. The summed E-state index contributed by atoms with van der Waals surface area (Å²) in [5, 5.41) is 13.2. The van der Waals surface area contributed by atoms with Crippen molar-refractivity contribution in [2.75, 3.05) is 0 Å². The van der Waals surface area contributed by atoms with Crippen LogP contribution in [0.15, 0.2) is 70.9 Å². The summed E-state index contributed by atoms with van der Waals surface area (Å²) in [6, 6.07) is 19.3. The Labute approximate surface area is 125 Å². The topological polar surface area (TPSA) is 42.5 Å². The Hall–Kier alpha value is -2.18. The first kappa shape index (κ1) is 12.8. The Kier molecular flexibility index (Phi) is 3.76. The molecule has 0 atom stereocenters. The van der Waals surface area contributed by atoms with Crippen molar-refractivity contribution >= 4 is 34.4 Å². The van der Waals surface area contributed by atoms with Crippen molar-refractivity contribution in [3.63, 3.8) is 0 Å². The van der Waals surface area contributed by atoms with E-state index in [2.05, 4.69) is 15.3 Å². The number of para-hydroxylation sites is 1. The van der Waals surface area contributed by atoms with Gasteiger partial charge in [0.15, 0.2) is 3.95 Å². The van der Waals surface area contributed by atoms with Crippen LogP contribution in [0, 0.1) is 3.95 Å². The molecule has 98 valence electrons. The highest BCUT2D eigenvalue weighted by Gasteiger charge is 2.04. The van der Waals surface area contributed by atoms with Crippen molar-refractivity contribution in [1.82, 2.24) is 9.78 Å². The molecule has 2 aromatic carbocycles. The molecule has 6 heteroatoms. The van der Waals surface area contributed by atoms with Crippen LogP contribution in [-0.2, 0) is 0 Å². The van der Waals surface area contributed by atoms with Crippen LogP contribution in [0.25, 0.3) is 5.69 Å². The van der Waals surface area contributed by atoms with Gasteiger partial charge in [-0.25, -0.2) is 4.68 Å². The third-order valence-electron chi connectivity index (χ3n) is 2.55. The quantitative estimate of drug-likeness (QED) is 0.500. The van der Waals surface area contributed by atoms with Crippen molar-refractivity contribution in [1.29, 1.82) is 0 Å². The van der Waals surface area contributed by atoms with Gasteiger partial charge in [0.1, 0.15) is 0 Å². The zero-order chi connectivity index (χ0) is 13.8. The lowest BCUT2D eigenvalue weighted by Gasteiger charge is -1.97. The Morgan fingerprint density at radius 1 is 0.900 bits per heavy atom. The number of nitrogens with zero attached hydrogens (tertiary/aromatic N) is 4. The first-order valence-corrected chi connectivity index (χ1v) is 7.18. The number of aromatic nitrogens is 2. The number of azo groups is 1. The third kappa shape index (κ3) is 2.87. The maximum absolute atomic E-state index is 5.30. The first-order chi connectivity index (χ1) is 9.83. The minimum atomic E-state index is 0.544. The van der Waals surface area contributed by atoms with Crippen LogP contribution in [0.2, 0.25) is 0 Å². The van der Waals surface area contributed by atoms with Crippen LogP contribution >= 0.6 is 23.6 Å². The summed E-state index contributed by atoms with van der Waals surface area (Å²) in [7, 11) is 0. The normalized spacial score (nSPS) is 11.0. The maximum Gasteiger partial charge on any atom is 0.251 e. The van der Waals surface area contributed by atoms with Gasteiger partial charge in [-0.1, -0.05) is 47.7 Å². The molecule has 0 N–H and O–H groups in total. The first-order valence-electron chi connectivity index (χ1n) is 5.95. The van der Waals surface area contributed by atoms with Gasteiger partial charge in [-0.3, -0.25) is 0 Å². The van der Waals surface area contributed by atoms with E-state index < -0.39 is 0 Å². The third-order valence-corrected chi connectivity index (χ3v) is 3.66. The zero-order valence-corrected chi connectivity index (χ0v) is 12.0. The van der Waals surface area contributed by atoms with Crippen LogP contribution in [-0.4, -0.2) is 9.78 Å². The van der Waals surface area contributed by atoms with E-state index in [1.54, 1.807) is 4.68 Å². The minimum absolute atomic E-state index is 0.544.